The minimum atomic E-state index is -0.191. The van der Waals surface area contributed by atoms with E-state index in [4.69, 9.17) is 4.74 Å². The number of methoxy groups -OCH3 is 1. The smallest absolute Gasteiger partial charge is 0.123 e. The molecule has 0 aliphatic heterocycles. The first-order valence-corrected chi connectivity index (χ1v) is 5.64. The van der Waals surface area contributed by atoms with Crippen molar-refractivity contribution in [3.63, 3.8) is 0 Å². The molecule has 90 valence electrons. The Hall–Kier alpha value is -0.930. The molecule has 0 amide bonds. The van der Waals surface area contributed by atoms with E-state index in [-0.39, 0.29) is 11.9 Å². The van der Waals surface area contributed by atoms with Gasteiger partial charge in [-0.15, -0.1) is 0 Å². The van der Waals surface area contributed by atoms with Crippen LogP contribution in [0.2, 0.25) is 0 Å². The second-order valence-electron chi connectivity index (χ2n) is 4.12. The maximum atomic E-state index is 12.7. The summed E-state index contributed by atoms with van der Waals surface area (Å²) in [4.78, 5) is 0. The highest BCUT2D eigenvalue weighted by atomic mass is 19.1. The molecular formula is C13H20FNO. The van der Waals surface area contributed by atoms with Crippen molar-refractivity contribution >= 4 is 0 Å². The fraction of sp³-hybridized carbons (Fsp3) is 0.538. The molecule has 16 heavy (non-hydrogen) atoms. The number of hydrogen-bond acceptors (Lipinski definition) is 2. The Morgan fingerprint density at radius 3 is 2.44 bits per heavy atom. The molecule has 0 radical (unpaired) electrons. The lowest BCUT2D eigenvalue weighted by Gasteiger charge is -2.20. The summed E-state index contributed by atoms with van der Waals surface area (Å²) < 4.78 is 17.8. The maximum absolute atomic E-state index is 12.7. The van der Waals surface area contributed by atoms with Crippen molar-refractivity contribution in [1.29, 1.82) is 0 Å². The zero-order valence-corrected chi connectivity index (χ0v) is 10.2. The Balaban J connectivity index is 2.45. The summed E-state index contributed by atoms with van der Waals surface area (Å²) in [6.45, 7) is 4.96. The largest absolute Gasteiger partial charge is 0.385 e. The average molecular weight is 225 g/mol. The zero-order valence-electron chi connectivity index (χ0n) is 10.2. The predicted octanol–water partition coefficient (Wildman–Crippen LogP) is 2.90. The summed E-state index contributed by atoms with van der Waals surface area (Å²) in [5.74, 6) is -0.191. The average Bonchev–Trinajstić information content (AvgIpc) is 2.27. The zero-order chi connectivity index (χ0) is 12.0. The molecule has 0 aliphatic rings. The summed E-state index contributed by atoms with van der Waals surface area (Å²) in [6.07, 6.45) is 0.974. The molecule has 0 aliphatic carbocycles. The number of nitrogens with one attached hydrogen (secondary N) is 1. The van der Waals surface area contributed by atoms with Gasteiger partial charge in [0.15, 0.2) is 0 Å². The second kappa shape index (κ2) is 6.61. The quantitative estimate of drug-likeness (QED) is 0.803. The van der Waals surface area contributed by atoms with E-state index in [1.165, 1.54) is 12.1 Å². The molecule has 3 heteroatoms. The number of benzene rings is 1. The molecule has 0 spiro atoms. The van der Waals surface area contributed by atoms with Crippen LogP contribution in [0.5, 0.6) is 0 Å². The van der Waals surface area contributed by atoms with Crippen molar-refractivity contribution in [2.75, 3.05) is 13.7 Å². The molecule has 0 heterocycles. The van der Waals surface area contributed by atoms with Crippen LogP contribution in [0.3, 0.4) is 0 Å². The van der Waals surface area contributed by atoms with Gasteiger partial charge >= 0.3 is 0 Å². The van der Waals surface area contributed by atoms with Crippen LogP contribution in [0.25, 0.3) is 0 Å². The molecular weight excluding hydrogens is 205 g/mol. The van der Waals surface area contributed by atoms with Gasteiger partial charge in [-0.3, -0.25) is 0 Å². The van der Waals surface area contributed by atoms with Gasteiger partial charge in [0, 0.05) is 25.8 Å². The number of rotatable bonds is 6. The summed E-state index contributed by atoms with van der Waals surface area (Å²) in [5, 5.41) is 3.45. The third kappa shape index (κ3) is 4.29. The van der Waals surface area contributed by atoms with Gasteiger partial charge in [-0.05, 0) is 38.0 Å². The van der Waals surface area contributed by atoms with Gasteiger partial charge in [0.2, 0.25) is 0 Å². The van der Waals surface area contributed by atoms with Gasteiger partial charge in [-0.1, -0.05) is 12.1 Å². The number of hydrogen-bond donors (Lipinski definition) is 1. The molecule has 1 N–H and O–H groups in total. The fourth-order valence-electron chi connectivity index (χ4n) is 1.65. The van der Waals surface area contributed by atoms with Gasteiger partial charge in [-0.25, -0.2) is 4.39 Å². The van der Waals surface area contributed by atoms with Crippen molar-refractivity contribution in [2.45, 2.75) is 32.4 Å². The van der Waals surface area contributed by atoms with E-state index in [1.807, 2.05) is 12.1 Å². The minimum Gasteiger partial charge on any atom is -0.385 e. The first kappa shape index (κ1) is 13.1. The van der Waals surface area contributed by atoms with Crippen molar-refractivity contribution < 1.29 is 9.13 Å². The highest BCUT2D eigenvalue weighted by molar-refractivity contribution is 5.19. The monoisotopic (exact) mass is 225 g/mol. The second-order valence-corrected chi connectivity index (χ2v) is 4.12. The number of halogens is 1. The molecule has 1 aromatic rings. The SMILES string of the molecule is COCCC(C)NC(C)c1ccc(F)cc1. The van der Waals surface area contributed by atoms with Crippen molar-refractivity contribution in [3.05, 3.63) is 35.6 Å². The van der Waals surface area contributed by atoms with Crippen LogP contribution in [0.15, 0.2) is 24.3 Å². The maximum Gasteiger partial charge on any atom is 0.123 e. The highest BCUT2D eigenvalue weighted by Crippen LogP contribution is 2.14. The predicted molar refractivity (Wildman–Crippen MR) is 63.9 cm³/mol. The topological polar surface area (TPSA) is 21.3 Å². The van der Waals surface area contributed by atoms with E-state index in [1.54, 1.807) is 7.11 Å². The Kier molecular flexibility index (Phi) is 5.43. The summed E-state index contributed by atoms with van der Waals surface area (Å²) >= 11 is 0. The lowest BCUT2D eigenvalue weighted by atomic mass is 10.1. The molecule has 0 bridgehead atoms. The standard InChI is InChI=1S/C13H20FNO/c1-10(8-9-16-3)15-11(2)12-4-6-13(14)7-5-12/h4-7,10-11,15H,8-9H2,1-3H3. The molecule has 1 rings (SSSR count). The van der Waals surface area contributed by atoms with Crippen LogP contribution >= 0.6 is 0 Å². The third-order valence-corrected chi connectivity index (χ3v) is 2.66. The molecule has 0 saturated heterocycles. The molecule has 2 atom stereocenters. The highest BCUT2D eigenvalue weighted by Gasteiger charge is 2.08. The summed E-state index contributed by atoms with van der Waals surface area (Å²) in [7, 11) is 1.70. The summed E-state index contributed by atoms with van der Waals surface area (Å²) in [5.41, 5.74) is 1.10. The van der Waals surface area contributed by atoms with Crippen molar-refractivity contribution in [3.8, 4) is 0 Å². The van der Waals surface area contributed by atoms with E-state index < -0.39 is 0 Å². The van der Waals surface area contributed by atoms with E-state index in [0.717, 1.165) is 18.6 Å². The minimum absolute atomic E-state index is 0.191. The molecule has 0 aromatic heterocycles. The first-order valence-electron chi connectivity index (χ1n) is 5.64. The molecule has 1 aromatic carbocycles. The van der Waals surface area contributed by atoms with Gasteiger partial charge in [-0.2, -0.15) is 0 Å². The van der Waals surface area contributed by atoms with E-state index in [0.29, 0.717) is 6.04 Å². The van der Waals surface area contributed by atoms with Crippen LogP contribution in [0.1, 0.15) is 31.9 Å². The van der Waals surface area contributed by atoms with Crippen LogP contribution < -0.4 is 5.32 Å². The van der Waals surface area contributed by atoms with E-state index in [9.17, 15) is 4.39 Å². The molecule has 2 unspecified atom stereocenters. The molecule has 2 nitrogen and oxygen atoms in total. The van der Waals surface area contributed by atoms with Gasteiger partial charge in [0.25, 0.3) is 0 Å². The van der Waals surface area contributed by atoms with Crippen LogP contribution in [0.4, 0.5) is 4.39 Å². The first-order chi connectivity index (χ1) is 7.63. The Labute approximate surface area is 96.8 Å². The number of ether oxygens (including phenoxy) is 1. The van der Waals surface area contributed by atoms with Crippen LogP contribution in [-0.4, -0.2) is 19.8 Å². The normalized spacial score (nSPS) is 14.8. The van der Waals surface area contributed by atoms with Crippen LogP contribution in [0, 0.1) is 5.82 Å². The van der Waals surface area contributed by atoms with Gasteiger partial charge in [0.1, 0.15) is 5.82 Å². The van der Waals surface area contributed by atoms with E-state index in [2.05, 4.69) is 19.2 Å². The lowest BCUT2D eigenvalue weighted by molar-refractivity contribution is 0.183. The van der Waals surface area contributed by atoms with Crippen LogP contribution in [-0.2, 0) is 4.74 Å². The van der Waals surface area contributed by atoms with Crippen molar-refractivity contribution in [2.24, 2.45) is 0 Å². The summed E-state index contributed by atoms with van der Waals surface area (Å²) in [6, 6.07) is 7.24. The van der Waals surface area contributed by atoms with E-state index >= 15 is 0 Å². The van der Waals surface area contributed by atoms with Gasteiger partial charge < -0.3 is 10.1 Å². The lowest BCUT2D eigenvalue weighted by Crippen LogP contribution is -2.29. The van der Waals surface area contributed by atoms with Gasteiger partial charge in [0.05, 0.1) is 0 Å². The Bertz CT molecular complexity index is 299. The Morgan fingerprint density at radius 2 is 1.88 bits per heavy atom. The fourth-order valence-corrected chi connectivity index (χ4v) is 1.65. The molecule has 0 fully saturated rings. The molecule has 0 saturated carbocycles. The Morgan fingerprint density at radius 1 is 1.25 bits per heavy atom. The third-order valence-electron chi connectivity index (χ3n) is 2.66. The van der Waals surface area contributed by atoms with Crippen molar-refractivity contribution in [1.82, 2.24) is 5.32 Å².